The molecule has 2 amide bonds. The van der Waals surface area contributed by atoms with E-state index in [1.807, 2.05) is 30.3 Å². The molecule has 0 aromatic heterocycles. The van der Waals surface area contributed by atoms with Crippen LogP contribution in [0.4, 0.5) is 0 Å². The Morgan fingerprint density at radius 2 is 2.05 bits per heavy atom. The second-order valence-electron chi connectivity index (χ2n) is 4.86. The minimum absolute atomic E-state index is 0.0263. The lowest BCUT2D eigenvalue weighted by atomic mass is 10.0. The van der Waals surface area contributed by atoms with Gasteiger partial charge in [0, 0.05) is 26.7 Å². The Morgan fingerprint density at radius 1 is 1.30 bits per heavy atom. The molecule has 0 spiro atoms. The molecule has 0 bridgehead atoms. The fourth-order valence-corrected chi connectivity index (χ4v) is 2.40. The molecule has 0 saturated carbocycles. The number of hydrogen-bond acceptors (Lipinski definition) is 3. The first-order valence-electron chi connectivity index (χ1n) is 6.82. The van der Waals surface area contributed by atoms with E-state index in [1.54, 1.807) is 12.0 Å². The average molecular weight is 276 g/mol. The zero-order valence-corrected chi connectivity index (χ0v) is 11.7. The normalized spacial score (nSPS) is 19.1. The summed E-state index contributed by atoms with van der Waals surface area (Å²) in [6.45, 7) is 1.23. The second kappa shape index (κ2) is 7.05. The van der Waals surface area contributed by atoms with E-state index in [0.717, 1.165) is 12.0 Å². The van der Waals surface area contributed by atoms with Crippen LogP contribution in [0.2, 0.25) is 0 Å². The van der Waals surface area contributed by atoms with Crippen molar-refractivity contribution in [1.82, 2.24) is 10.2 Å². The van der Waals surface area contributed by atoms with Gasteiger partial charge in [-0.1, -0.05) is 30.3 Å². The monoisotopic (exact) mass is 276 g/mol. The van der Waals surface area contributed by atoms with Gasteiger partial charge in [0.2, 0.25) is 11.8 Å². The van der Waals surface area contributed by atoms with Crippen LogP contribution in [0.3, 0.4) is 0 Å². The number of nitrogens with one attached hydrogen (secondary N) is 1. The molecule has 0 aliphatic carbocycles. The van der Waals surface area contributed by atoms with Gasteiger partial charge in [-0.3, -0.25) is 9.59 Å². The lowest BCUT2D eigenvalue weighted by Crippen LogP contribution is -2.59. The molecule has 1 aliphatic heterocycles. The van der Waals surface area contributed by atoms with Gasteiger partial charge in [-0.2, -0.15) is 0 Å². The maximum absolute atomic E-state index is 12.1. The fourth-order valence-electron chi connectivity index (χ4n) is 2.40. The van der Waals surface area contributed by atoms with Crippen molar-refractivity contribution in [2.24, 2.45) is 0 Å². The lowest BCUT2D eigenvalue weighted by molar-refractivity contribution is -0.145. The Morgan fingerprint density at radius 3 is 2.75 bits per heavy atom. The third kappa shape index (κ3) is 3.57. The van der Waals surface area contributed by atoms with Crippen LogP contribution in [0.15, 0.2) is 30.3 Å². The number of amides is 2. The number of benzene rings is 1. The molecule has 2 rings (SSSR count). The largest absolute Gasteiger partial charge is 0.385 e. The van der Waals surface area contributed by atoms with Crippen LogP contribution in [-0.2, 0) is 20.7 Å². The van der Waals surface area contributed by atoms with Gasteiger partial charge in [0.15, 0.2) is 0 Å². The maximum atomic E-state index is 12.1. The number of nitrogens with zero attached hydrogens (tertiary/aromatic N) is 1. The molecule has 108 valence electrons. The minimum atomic E-state index is -0.421. The lowest BCUT2D eigenvalue weighted by Gasteiger charge is -2.35. The topological polar surface area (TPSA) is 58.6 Å². The van der Waals surface area contributed by atoms with Crippen molar-refractivity contribution in [2.45, 2.75) is 18.9 Å². The molecular weight excluding hydrogens is 256 g/mol. The summed E-state index contributed by atoms with van der Waals surface area (Å²) >= 11 is 0. The highest BCUT2D eigenvalue weighted by Gasteiger charge is 2.33. The second-order valence-corrected chi connectivity index (χ2v) is 4.86. The van der Waals surface area contributed by atoms with E-state index in [2.05, 4.69) is 5.32 Å². The third-order valence-corrected chi connectivity index (χ3v) is 3.43. The number of rotatable bonds is 6. The summed E-state index contributed by atoms with van der Waals surface area (Å²) in [5.74, 6) is -0.104. The molecule has 1 aromatic carbocycles. The standard InChI is InChI=1S/C15H20N2O3/c1-20-9-5-8-17-13(15(19)16-11-14(17)18)10-12-6-3-2-4-7-12/h2-4,6-7,13H,5,8-11H2,1H3,(H,16,19). The first-order chi connectivity index (χ1) is 9.72. The molecule has 1 aromatic rings. The van der Waals surface area contributed by atoms with E-state index < -0.39 is 6.04 Å². The van der Waals surface area contributed by atoms with E-state index >= 15 is 0 Å². The average Bonchev–Trinajstić information content (AvgIpc) is 2.47. The fraction of sp³-hybridized carbons (Fsp3) is 0.467. The molecule has 1 N–H and O–H groups in total. The Labute approximate surface area is 118 Å². The number of methoxy groups -OCH3 is 1. The molecule has 5 nitrogen and oxygen atoms in total. The van der Waals surface area contributed by atoms with Crippen molar-refractivity contribution in [1.29, 1.82) is 0 Å². The summed E-state index contributed by atoms with van der Waals surface area (Å²) in [7, 11) is 1.63. The van der Waals surface area contributed by atoms with Gasteiger partial charge < -0.3 is 15.0 Å². The van der Waals surface area contributed by atoms with Crippen molar-refractivity contribution in [2.75, 3.05) is 26.8 Å². The van der Waals surface area contributed by atoms with Crippen molar-refractivity contribution in [3.05, 3.63) is 35.9 Å². The summed E-state index contributed by atoms with van der Waals surface area (Å²) in [4.78, 5) is 25.7. The van der Waals surface area contributed by atoms with Gasteiger partial charge in [-0.05, 0) is 12.0 Å². The summed E-state index contributed by atoms with van der Waals surface area (Å²) in [5.41, 5.74) is 1.05. The molecular formula is C15H20N2O3. The van der Waals surface area contributed by atoms with E-state index in [4.69, 9.17) is 4.74 Å². The minimum Gasteiger partial charge on any atom is -0.385 e. The maximum Gasteiger partial charge on any atom is 0.243 e. The SMILES string of the molecule is COCCCN1C(=O)CNC(=O)C1Cc1ccccc1. The molecule has 1 saturated heterocycles. The molecule has 1 fully saturated rings. The van der Waals surface area contributed by atoms with Crippen LogP contribution in [-0.4, -0.2) is 49.6 Å². The van der Waals surface area contributed by atoms with E-state index in [1.165, 1.54) is 0 Å². The Hall–Kier alpha value is -1.88. The van der Waals surface area contributed by atoms with Crippen LogP contribution < -0.4 is 5.32 Å². The smallest absolute Gasteiger partial charge is 0.243 e. The summed E-state index contributed by atoms with van der Waals surface area (Å²) in [6.07, 6.45) is 1.28. The number of piperazine rings is 1. The van der Waals surface area contributed by atoms with Crippen molar-refractivity contribution >= 4 is 11.8 Å². The summed E-state index contributed by atoms with van der Waals surface area (Å²) in [5, 5.41) is 2.66. The van der Waals surface area contributed by atoms with Crippen molar-refractivity contribution in [3.8, 4) is 0 Å². The van der Waals surface area contributed by atoms with E-state index in [0.29, 0.717) is 19.6 Å². The summed E-state index contributed by atoms with van der Waals surface area (Å²) in [6, 6.07) is 9.33. The molecule has 1 atom stereocenters. The summed E-state index contributed by atoms with van der Waals surface area (Å²) < 4.78 is 5.01. The van der Waals surface area contributed by atoms with E-state index in [-0.39, 0.29) is 18.4 Å². The Bertz CT molecular complexity index is 461. The predicted octanol–water partition coefficient (Wildman–Crippen LogP) is 0.593. The van der Waals surface area contributed by atoms with Gasteiger partial charge in [0.25, 0.3) is 0 Å². The zero-order chi connectivity index (χ0) is 14.4. The quantitative estimate of drug-likeness (QED) is 0.774. The van der Waals surface area contributed by atoms with Crippen molar-refractivity contribution in [3.63, 3.8) is 0 Å². The molecule has 1 heterocycles. The zero-order valence-electron chi connectivity index (χ0n) is 11.7. The van der Waals surface area contributed by atoms with Crippen LogP contribution in [0.5, 0.6) is 0 Å². The van der Waals surface area contributed by atoms with Gasteiger partial charge in [0.05, 0.1) is 6.54 Å². The van der Waals surface area contributed by atoms with Gasteiger partial charge in [-0.15, -0.1) is 0 Å². The van der Waals surface area contributed by atoms with Gasteiger partial charge in [-0.25, -0.2) is 0 Å². The van der Waals surface area contributed by atoms with Crippen LogP contribution in [0.25, 0.3) is 0 Å². The number of ether oxygens (including phenoxy) is 1. The number of hydrogen-bond donors (Lipinski definition) is 1. The first-order valence-corrected chi connectivity index (χ1v) is 6.82. The Kier molecular flexibility index (Phi) is 5.12. The van der Waals surface area contributed by atoms with E-state index in [9.17, 15) is 9.59 Å². The molecule has 20 heavy (non-hydrogen) atoms. The first kappa shape index (κ1) is 14.5. The molecule has 5 heteroatoms. The number of carbonyl (C=O) groups is 2. The predicted molar refractivity (Wildman–Crippen MR) is 75.1 cm³/mol. The molecule has 1 aliphatic rings. The van der Waals surface area contributed by atoms with Gasteiger partial charge >= 0.3 is 0 Å². The van der Waals surface area contributed by atoms with Crippen LogP contribution in [0.1, 0.15) is 12.0 Å². The Balaban J connectivity index is 2.07. The van der Waals surface area contributed by atoms with Gasteiger partial charge in [0.1, 0.15) is 6.04 Å². The highest BCUT2D eigenvalue weighted by Crippen LogP contribution is 2.13. The molecule has 0 radical (unpaired) electrons. The molecule has 1 unspecified atom stereocenters. The highest BCUT2D eigenvalue weighted by molar-refractivity contribution is 5.95. The van der Waals surface area contributed by atoms with Crippen LogP contribution >= 0.6 is 0 Å². The third-order valence-electron chi connectivity index (χ3n) is 3.43. The number of carbonyl (C=O) groups excluding carboxylic acids is 2. The van der Waals surface area contributed by atoms with Crippen molar-refractivity contribution < 1.29 is 14.3 Å². The van der Waals surface area contributed by atoms with Crippen LogP contribution in [0, 0.1) is 0 Å². The highest BCUT2D eigenvalue weighted by atomic mass is 16.5.